The molecule has 2 aliphatic rings. The van der Waals surface area contributed by atoms with Gasteiger partial charge in [0.15, 0.2) is 9.84 Å². The van der Waals surface area contributed by atoms with Crippen molar-refractivity contribution in [1.29, 1.82) is 0 Å². The van der Waals surface area contributed by atoms with E-state index in [1.165, 1.54) is 0 Å². The zero-order chi connectivity index (χ0) is 12.5. The highest BCUT2D eigenvalue weighted by molar-refractivity contribution is 7.91. The van der Waals surface area contributed by atoms with Crippen LogP contribution in [0.5, 0.6) is 0 Å². The zero-order valence-corrected chi connectivity index (χ0v) is 10.6. The summed E-state index contributed by atoms with van der Waals surface area (Å²) in [5.41, 5.74) is 5.20. The standard InChI is InChI=1S/C10H19N3O3S/c11-10(14)13-4-1-8(2-5-13)12-9-3-6-17(15,16)7-9/h8-9,12H,1-7H2,(H2,11,14). The first-order valence-corrected chi connectivity index (χ1v) is 7.79. The largest absolute Gasteiger partial charge is 0.351 e. The number of nitrogens with one attached hydrogen (secondary N) is 1. The summed E-state index contributed by atoms with van der Waals surface area (Å²) in [6.45, 7) is 1.32. The number of hydrogen-bond acceptors (Lipinski definition) is 4. The molecule has 2 fully saturated rings. The molecule has 0 aromatic carbocycles. The van der Waals surface area contributed by atoms with Gasteiger partial charge in [0.05, 0.1) is 11.5 Å². The van der Waals surface area contributed by atoms with Gasteiger partial charge in [-0.05, 0) is 19.3 Å². The molecule has 6 nitrogen and oxygen atoms in total. The number of urea groups is 1. The molecule has 98 valence electrons. The summed E-state index contributed by atoms with van der Waals surface area (Å²) in [7, 11) is -2.82. The minimum atomic E-state index is -2.82. The van der Waals surface area contributed by atoms with E-state index in [2.05, 4.69) is 5.32 Å². The molecule has 0 spiro atoms. The van der Waals surface area contributed by atoms with Gasteiger partial charge in [-0.25, -0.2) is 13.2 Å². The van der Waals surface area contributed by atoms with Crippen molar-refractivity contribution in [3.8, 4) is 0 Å². The molecule has 2 saturated heterocycles. The van der Waals surface area contributed by atoms with Crippen LogP contribution in [0.2, 0.25) is 0 Å². The number of hydrogen-bond donors (Lipinski definition) is 2. The molecule has 0 bridgehead atoms. The van der Waals surface area contributed by atoms with E-state index in [0.717, 1.165) is 12.8 Å². The predicted octanol–water partition coefficient (Wildman–Crippen LogP) is -0.694. The second-order valence-corrected chi connectivity index (χ2v) is 7.09. The van der Waals surface area contributed by atoms with Crippen LogP contribution in [0, 0.1) is 0 Å². The molecule has 0 aromatic heterocycles. The van der Waals surface area contributed by atoms with Crippen molar-refractivity contribution < 1.29 is 13.2 Å². The predicted molar refractivity (Wildman–Crippen MR) is 64.4 cm³/mol. The lowest BCUT2D eigenvalue weighted by Crippen LogP contribution is -2.49. The van der Waals surface area contributed by atoms with Crippen LogP contribution in [0.25, 0.3) is 0 Å². The van der Waals surface area contributed by atoms with Gasteiger partial charge in [-0.2, -0.15) is 0 Å². The van der Waals surface area contributed by atoms with E-state index in [1.807, 2.05) is 0 Å². The topological polar surface area (TPSA) is 92.5 Å². The van der Waals surface area contributed by atoms with Gasteiger partial charge in [-0.15, -0.1) is 0 Å². The Hall–Kier alpha value is -0.820. The maximum atomic E-state index is 11.3. The van der Waals surface area contributed by atoms with Gasteiger partial charge in [0.2, 0.25) is 0 Å². The molecule has 0 saturated carbocycles. The van der Waals surface area contributed by atoms with E-state index in [0.29, 0.717) is 31.3 Å². The van der Waals surface area contributed by atoms with Crippen LogP contribution in [0.15, 0.2) is 0 Å². The molecular weight excluding hydrogens is 242 g/mol. The summed E-state index contributed by atoms with van der Waals surface area (Å²) >= 11 is 0. The fourth-order valence-electron chi connectivity index (χ4n) is 2.53. The lowest BCUT2D eigenvalue weighted by atomic mass is 10.0. The molecule has 0 aliphatic carbocycles. The Morgan fingerprint density at radius 3 is 2.29 bits per heavy atom. The first-order valence-electron chi connectivity index (χ1n) is 5.97. The molecule has 0 aromatic rings. The number of carbonyl (C=O) groups excluding carboxylic acids is 1. The van der Waals surface area contributed by atoms with Crippen LogP contribution in [0.3, 0.4) is 0 Å². The Kier molecular flexibility index (Phi) is 3.58. The molecule has 2 rings (SSSR count). The van der Waals surface area contributed by atoms with Gasteiger partial charge in [-0.1, -0.05) is 0 Å². The molecule has 17 heavy (non-hydrogen) atoms. The average Bonchev–Trinajstić information content (AvgIpc) is 2.59. The lowest BCUT2D eigenvalue weighted by molar-refractivity contribution is 0.183. The molecule has 0 radical (unpaired) electrons. The first kappa shape index (κ1) is 12.6. The fourth-order valence-corrected chi connectivity index (χ4v) is 4.21. The van der Waals surface area contributed by atoms with Crippen LogP contribution in [-0.2, 0) is 9.84 Å². The van der Waals surface area contributed by atoms with Crippen molar-refractivity contribution in [2.75, 3.05) is 24.6 Å². The summed E-state index contributed by atoms with van der Waals surface area (Å²) in [6, 6.07) is 0.0286. The van der Waals surface area contributed by atoms with E-state index in [4.69, 9.17) is 5.73 Å². The number of primary amides is 1. The van der Waals surface area contributed by atoms with Crippen LogP contribution < -0.4 is 11.1 Å². The van der Waals surface area contributed by atoms with E-state index in [-0.39, 0.29) is 17.8 Å². The highest BCUT2D eigenvalue weighted by atomic mass is 32.2. The van der Waals surface area contributed by atoms with E-state index in [1.54, 1.807) is 4.90 Å². The van der Waals surface area contributed by atoms with Crippen LogP contribution in [-0.4, -0.2) is 56.0 Å². The second-order valence-electron chi connectivity index (χ2n) is 4.87. The number of carbonyl (C=O) groups is 1. The number of likely N-dealkylation sites (tertiary alicyclic amines) is 1. The Bertz CT molecular complexity index is 388. The SMILES string of the molecule is NC(=O)N1CCC(NC2CCS(=O)(=O)C2)CC1. The van der Waals surface area contributed by atoms with Crippen molar-refractivity contribution >= 4 is 15.9 Å². The minimum Gasteiger partial charge on any atom is -0.351 e. The molecule has 3 N–H and O–H groups in total. The Labute approximate surface area is 101 Å². The highest BCUT2D eigenvalue weighted by Gasteiger charge is 2.30. The smallest absolute Gasteiger partial charge is 0.314 e. The normalized spacial score (nSPS) is 29.4. The monoisotopic (exact) mass is 261 g/mol. The third-order valence-corrected chi connectivity index (χ3v) is 5.28. The summed E-state index contributed by atoms with van der Waals surface area (Å²) in [4.78, 5) is 12.6. The number of rotatable bonds is 2. The molecular formula is C10H19N3O3S. The number of sulfone groups is 1. The van der Waals surface area contributed by atoms with Crippen molar-refractivity contribution in [1.82, 2.24) is 10.2 Å². The quantitative estimate of drug-likeness (QED) is 0.688. The van der Waals surface area contributed by atoms with Crippen LogP contribution in [0.1, 0.15) is 19.3 Å². The molecule has 7 heteroatoms. The van der Waals surface area contributed by atoms with Gasteiger partial charge in [0, 0.05) is 25.2 Å². The van der Waals surface area contributed by atoms with Crippen molar-refractivity contribution in [2.24, 2.45) is 5.73 Å². The average molecular weight is 261 g/mol. The molecule has 2 amide bonds. The van der Waals surface area contributed by atoms with Crippen LogP contribution in [0.4, 0.5) is 4.79 Å². The number of amides is 2. The first-order chi connectivity index (χ1) is 7.96. The fraction of sp³-hybridized carbons (Fsp3) is 0.900. The van der Waals surface area contributed by atoms with Gasteiger partial charge in [0.25, 0.3) is 0 Å². The van der Waals surface area contributed by atoms with Gasteiger partial charge in [0.1, 0.15) is 0 Å². The molecule has 1 unspecified atom stereocenters. The molecule has 2 aliphatic heterocycles. The maximum Gasteiger partial charge on any atom is 0.314 e. The van der Waals surface area contributed by atoms with Crippen LogP contribution >= 0.6 is 0 Å². The Morgan fingerprint density at radius 2 is 1.82 bits per heavy atom. The number of piperidine rings is 1. The van der Waals surface area contributed by atoms with E-state index >= 15 is 0 Å². The second kappa shape index (κ2) is 4.81. The van der Waals surface area contributed by atoms with Gasteiger partial charge >= 0.3 is 6.03 Å². The zero-order valence-electron chi connectivity index (χ0n) is 9.76. The lowest BCUT2D eigenvalue weighted by Gasteiger charge is -2.32. The van der Waals surface area contributed by atoms with Crippen molar-refractivity contribution in [3.05, 3.63) is 0 Å². The van der Waals surface area contributed by atoms with Crippen molar-refractivity contribution in [2.45, 2.75) is 31.3 Å². The third kappa shape index (κ3) is 3.32. The third-order valence-electron chi connectivity index (χ3n) is 3.51. The van der Waals surface area contributed by atoms with E-state index < -0.39 is 9.84 Å². The Balaban J connectivity index is 1.77. The summed E-state index contributed by atoms with van der Waals surface area (Å²) < 4.78 is 22.6. The van der Waals surface area contributed by atoms with Gasteiger partial charge in [-0.3, -0.25) is 0 Å². The highest BCUT2D eigenvalue weighted by Crippen LogP contribution is 2.16. The number of nitrogens with two attached hydrogens (primary N) is 1. The molecule has 1 atom stereocenters. The summed E-state index contributed by atoms with van der Waals surface area (Å²) in [5.74, 6) is 0.549. The summed E-state index contributed by atoms with van der Waals surface area (Å²) in [6.07, 6.45) is 2.40. The van der Waals surface area contributed by atoms with Gasteiger partial charge < -0.3 is 16.0 Å². The minimum absolute atomic E-state index is 0.0881. The summed E-state index contributed by atoms with van der Waals surface area (Å²) in [5, 5.41) is 3.37. The Morgan fingerprint density at radius 1 is 1.18 bits per heavy atom. The maximum absolute atomic E-state index is 11.3. The van der Waals surface area contributed by atoms with E-state index in [9.17, 15) is 13.2 Å². The molecule has 2 heterocycles. The van der Waals surface area contributed by atoms with Crippen molar-refractivity contribution in [3.63, 3.8) is 0 Å². The number of nitrogens with zero attached hydrogens (tertiary/aromatic N) is 1.